The normalized spacial score (nSPS) is 15.6. The molecule has 1 nitrogen and oxygen atoms in total. The second kappa shape index (κ2) is 5.13. The summed E-state index contributed by atoms with van der Waals surface area (Å²) in [5.41, 5.74) is 1.80. The van der Waals surface area contributed by atoms with Crippen molar-refractivity contribution < 1.29 is 4.39 Å². The lowest BCUT2D eigenvalue weighted by atomic mass is 10.0. The molecule has 76 valence electrons. The van der Waals surface area contributed by atoms with Crippen LogP contribution >= 0.6 is 12.4 Å². The number of hydrogen-bond donors (Lipinski definition) is 1. The van der Waals surface area contributed by atoms with Crippen molar-refractivity contribution in [2.45, 2.75) is 6.42 Å². The first-order chi connectivity index (χ1) is 6.38. The van der Waals surface area contributed by atoms with Crippen molar-refractivity contribution in [1.82, 2.24) is 5.32 Å². The highest BCUT2D eigenvalue weighted by molar-refractivity contribution is 5.85. The van der Waals surface area contributed by atoms with E-state index in [1.165, 1.54) is 6.07 Å². The molecular formula is C11H13ClFN. The van der Waals surface area contributed by atoms with Crippen LogP contribution in [0.5, 0.6) is 0 Å². The summed E-state index contributed by atoms with van der Waals surface area (Å²) in [7, 11) is 0. The molecule has 0 bridgehead atoms. The van der Waals surface area contributed by atoms with Gasteiger partial charge in [-0.3, -0.25) is 0 Å². The molecule has 3 heteroatoms. The van der Waals surface area contributed by atoms with Crippen LogP contribution in [-0.2, 0) is 0 Å². The molecule has 0 unspecified atom stereocenters. The van der Waals surface area contributed by atoms with E-state index in [9.17, 15) is 4.39 Å². The summed E-state index contributed by atoms with van der Waals surface area (Å²) in [6.45, 7) is 1.78. The first kappa shape index (κ1) is 11.2. The summed E-state index contributed by atoms with van der Waals surface area (Å²) in [4.78, 5) is 0. The van der Waals surface area contributed by atoms with Gasteiger partial charge in [-0.25, -0.2) is 4.39 Å². The Kier molecular flexibility index (Phi) is 4.11. The summed E-state index contributed by atoms with van der Waals surface area (Å²) < 4.78 is 13.3. The quantitative estimate of drug-likeness (QED) is 0.756. The van der Waals surface area contributed by atoms with E-state index < -0.39 is 0 Å². The SMILES string of the molecule is Cl.Fc1ccccc1C1=CCCNC1. The molecular weight excluding hydrogens is 201 g/mol. The molecule has 2 rings (SSSR count). The Morgan fingerprint density at radius 3 is 2.64 bits per heavy atom. The standard InChI is InChI=1S/C11H12FN.ClH/c12-11-6-2-1-5-10(11)9-4-3-7-13-8-9;/h1-2,4-6,13H,3,7-8H2;1H. The number of hydrogen-bond acceptors (Lipinski definition) is 1. The molecule has 0 saturated heterocycles. The fourth-order valence-corrected chi connectivity index (χ4v) is 1.57. The molecule has 1 heterocycles. The van der Waals surface area contributed by atoms with Crippen molar-refractivity contribution in [1.29, 1.82) is 0 Å². The molecule has 0 atom stereocenters. The van der Waals surface area contributed by atoms with Gasteiger partial charge in [0.1, 0.15) is 5.82 Å². The smallest absolute Gasteiger partial charge is 0.130 e. The van der Waals surface area contributed by atoms with E-state index in [2.05, 4.69) is 11.4 Å². The third-order valence-corrected chi connectivity index (χ3v) is 2.25. The second-order valence-corrected chi connectivity index (χ2v) is 3.17. The molecule has 1 aromatic carbocycles. The van der Waals surface area contributed by atoms with Crippen molar-refractivity contribution in [3.8, 4) is 0 Å². The molecule has 0 fully saturated rings. The van der Waals surface area contributed by atoms with Crippen LogP contribution < -0.4 is 5.32 Å². The molecule has 1 aliphatic heterocycles. The van der Waals surface area contributed by atoms with Gasteiger partial charge in [-0.15, -0.1) is 12.4 Å². The minimum Gasteiger partial charge on any atom is -0.312 e. The molecule has 1 aromatic rings. The van der Waals surface area contributed by atoms with Crippen LogP contribution in [0, 0.1) is 5.82 Å². The molecule has 0 aliphatic carbocycles. The highest BCUT2D eigenvalue weighted by atomic mass is 35.5. The Balaban J connectivity index is 0.000000980. The molecule has 1 N–H and O–H groups in total. The minimum absolute atomic E-state index is 0. The van der Waals surface area contributed by atoms with E-state index in [0.29, 0.717) is 0 Å². The van der Waals surface area contributed by atoms with Crippen LogP contribution in [0.3, 0.4) is 0 Å². The van der Waals surface area contributed by atoms with Crippen LogP contribution in [-0.4, -0.2) is 13.1 Å². The lowest BCUT2D eigenvalue weighted by Gasteiger charge is -2.14. The van der Waals surface area contributed by atoms with Gasteiger partial charge in [-0.2, -0.15) is 0 Å². The van der Waals surface area contributed by atoms with Gasteiger partial charge in [-0.05, 0) is 24.6 Å². The lowest BCUT2D eigenvalue weighted by molar-refractivity contribution is 0.621. The van der Waals surface area contributed by atoms with E-state index >= 15 is 0 Å². The van der Waals surface area contributed by atoms with Crippen LogP contribution in [0.1, 0.15) is 12.0 Å². The topological polar surface area (TPSA) is 12.0 Å². The van der Waals surface area contributed by atoms with Crippen molar-refractivity contribution in [2.75, 3.05) is 13.1 Å². The van der Waals surface area contributed by atoms with Gasteiger partial charge in [0.25, 0.3) is 0 Å². The zero-order chi connectivity index (χ0) is 9.10. The number of nitrogens with one attached hydrogen (secondary N) is 1. The van der Waals surface area contributed by atoms with Gasteiger partial charge >= 0.3 is 0 Å². The highest BCUT2D eigenvalue weighted by Gasteiger charge is 2.08. The fraction of sp³-hybridized carbons (Fsp3) is 0.273. The Morgan fingerprint density at radius 1 is 1.21 bits per heavy atom. The van der Waals surface area contributed by atoms with Gasteiger partial charge < -0.3 is 5.32 Å². The Labute approximate surface area is 89.4 Å². The van der Waals surface area contributed by atoms with E-state index in [4.69, 9.17) is 0 Å². The average molecular weight is 214 g/mol. The van der Waals surface area contributed by atoms with Crippen LogP contribution in [0.15, 0.2) is 30.3 Å². The van der Waals surface area contributed by atoms with Gasteiger partial charge in [-0.1, -0.05) is 24.3 Å². The average Bonchev–Trinajstić information content (AvgIpc) is 2.20. The van der Waals surface area contributed by atoms with Gasteiger partial charge in [0.15, 0.2) is 0 Å². The largest absolute Gasteiger partial charge is 0.312 e. The lowest BCUT2D eigenvalue weighted by Crippen LogP contribution is -2.21. The monoisotopic (exact) mass is 213 g/mol. The van der Waals surface area contributed by atoms with E-state index in [0.717, 1.165) is 30.6 Å². The third kappa shape index (κ3) is 2.34. The molecule has 0 spiro atoms. The summed E-state index contributed by atoms with van der Waals surface area (Å²) in [6, 6.07) is 6.92. The zero-order valence-corrected chi connectivity index (χ0v) is 8.61. The summed E-state index contributed by atoms with van der Waals surface area (Å²) >= 11 is 0. The van der Waals surface area contributed by atoms with E-state index in [1.54, 1.807) is 6.07 Å². The van der Waals surface area contributed by atoms with E-state index in [1.807, 2.05) is 12.1 Å². The zero-order valence-electron chi connectivity index (χ0n) is 7.79. The van der Waals surface area contributed by atoms with Crippen molar-refractivity contribution in [2.24, 2.45) is 0 Å². The number of rotatable bonds is 1. The summed E-state index contributed by atoms with van der Waals surface area (Å²) in [6.07, 6.45) is 3.10. The van der Waals surface area contributed by atoms with Gasteiger partial charge in [0.05, 0.1) is 0 Å². The maximum Gasteiger partial charge on any atom is 0.130 e. The van der Waals surface area contributed by atoms with Crippen molar-refractivity contribution in [3.05, 3.63) is 41.7 Å². The van der Waals surface area contributed by atoms with E-state index in [-0.39, 0.29) is 18.2 Å². The Bertz CT molecular complexity index is 336. The summed E-state index contributed by atoms with van der Waals surface area (Å²) in [5, 5.41) is 3.23. The first-order valence-corrected chi connectivity index (χ1v) is 4.52. The fourth-order valence-electron chi connectivity index (χ4n) is 1.57. The van der Waals surface area contributed by atoms with Crippen LogP contribution in [0.4, 0.5) is 4.39 Å². The van der Waals surface area contributed by atoms with Gasteiger partial charge in [0.2, 0.25) is 0 Å². The van der Waals surface area contributed by atoms with Crippen LogP contribution in [0.2, 0.25) is 0 Å². The molecule has 14 heavy (non-hydrogen) atoms. The van der Waals surface area contributed by atoms with Crippen molar-refractivity contribution in [3.63, 3.8) is 0 Å². The minimum atomic E-state index is -0.127. The van der Waals surface area contributed by atoms with Crippen LogP contribution in [0.25, 0.3) is 5.57 Å². The summed E-state index contributed by atoms with van der Waals surface area (Å²) in [5.74, 6) is -0.127. The van der Waals surface area contributed by atoms with Gasteiger partial charge in [0, 0.05) is 12.1 Å². The molecule has 0 radical (unpaired) electrons. The molecule has 1 aliphatic rings. The Morgan fingerprint density at radius 2 is 2.00 bits per heavy atom. The maximum absolute atomic E-state index is 13.3. The number of benzene rings is 1. The van der Waals surface area contributed by atoms with Crippen molar-refractivity contribution >= 4 is 18.0 Å². The molecule has 0 aromatic heterocycles. The maximum atomic E-state index is 13.3. The number of halogens is 2. The predicted octanol–water partition coefficient (Wildman–Crippen LogP) is 2.62. The molecule has 0 saturated carbocycles. The Hall–Kier alpha value is -0.860. The molecule has 0 amide bonds. The first-order valence-electron chi connectivity index (χ1n) is 4.52. The second-order valence-electron chi connectivity index (χ2n) is 3.17. The highest BCUT2D eigenvalue weighted by Crippen LogP contribution is 2.19. The predicted molar refractivity (Wildman–Crippen MR) is 59.1 cm³/mol. The third-order valence-electron chi connectivity index (χ3n) is 2.25.